The van der Waals surface area contributed by atoms with Crippen molar-refractivity contribution < 1.29 is 9.47 Å². The van der Waals surface area contributed by atoms with Crippen LogP contribution in [0.25, 0.3) is 5.69 Å². The predicted octanol–water partition coefficient (Wildman–Crippen LogP) is 2.88. The highest BCUT2D eigenvalue weighted by atomic mass is 16.5. The molecule has 0 amide bonds. The third kappa shape index (κ3) is 5.77. The van der Waals surface area contributed by atoms with E-state index < -0.39 is 0 Å². The molecule has 1 saturated heterocycles. The normalized spacial score (nSPS) is 16.0. The summed E-state index contributed by atoms with van der Waals surface area (Å²) in [6, 6.07) is 16.4. The third-order valence-corrected chi connectivity index (χ3v) is 5.82. The van der Waals surface area contributed by atoms with E-state index in [1.54, 1.807) is 14.2 Å². The second kappa shape index (κ2) is 10.8. The van der Waals surface area contributed by atoms with Gasteiger partial charge >= 0.3 is 0 Å². The molecule has 174 valence electrons. The van der Waals surface area contributed by atoms with E-state index in [9.17, 15) is 0 Å². The van der Waals surface area contributed by atoms with E-state index in [1.807, 2.05) is 66.5 Å². The van der Waals surface area contributed by atoms with Crippen LogP contribution >= 0.6 is 0 Å². The van der Waals surface area contributed by atoms with Gasteiger partial charge in [-0.1, -0.05) is 18.2 Å². The molecule has 2 N–H and O–H groups in total. The number of benzene rings is 2. The number of nitrogens with one attached hydrogen (secondary N) is 2. The highest BCUT2D eigenvalue weighted by Gasteiger charge is 2.24. The van der Waals surface area contributed by atoms with Gasteiger partial charge in [0.25, 0.3) is 0 Å². The van der Waals surface area contributed by atoms with Crippen LogP contribution in [-0.2, 0) is 6.42 Å². The first-order chi connectivity index (χ1) is 16.2. The van der Waals surface area contributed by atoms with Gasteiger partial charge in [-0.15, -0.1) is 0 Å². The number of anilines is 1. The van der Waals surface area contributed by atoms with Crippen LogP contribution in [0, 0.1) is 0 Å². The standard InChI is InChI=1S/C25H32N6O2/c1-26-25(27-11-9-19-16-28-31(17-19)21-7-5-4-6-8-21)29-20-10-12-30(18-20)22-13-23(32-2)15-24(14-22)33-3/h4-8,13-17,20H,9-12,18H2,1-3H3,(H2,26,27,29). The summed E-state index contributed by atoms with van der Waals surface area (Å²) in [4.78, 5) is 6.74. The molecule has 1 fully saturated rings. The third-order valence-electron chi connectivity index (χ3n) is 5.82. The molecule has 1 aromatic heterocycles. The van der Waals surface area contributed by atoms with Crippen molar-refractivity contribution in [3.63, 3.8) is 0 Å². The lowest BCUT2D eigenvalue weighted by molar-refractivity contribution is 0.394. The SMILES string of the molecule is CN=C(NCCc1cnn(-c2ccccc2)c1)NC1CCN(c2cc(OC)cc(OC)c2)C1. The van der Waals surface area contributed by atoms with Crippen LogP contribution < -0.4 is 25.0 Å². The molecule has 0 bridgehead atoms. The van der Waals surface area contributed by atoms with E-state index in [-0.39, 0.29) is 0 Å². The molecule has 1 unspecified atom stereocenters. The Hall–Kier alpha value is -3.68. The second-order valence-electron chi connectivity index (χ2n) is 8.02. The van der Waals surface area contributed by atoms with Crippen molar-refractivity contribution in [2.24, 2.45) is 4.99 Å². The molecule has 8 nitrogen and oxygen atoms in total. The minimum Gasteiger partial charge on any atom is -0.497 e. The van der Waals surface area contributed by atoms with E-state index in [4.69, 9.17) is 9.47 Å². The maximum absolute atomic E-state index is 5.42. The van der Waals surface area contributed by atoms with Gasteiger partial charge in [0.1, 0.15) is 11.5 Å². The van der Waals surface area contributed by atoms with Gasteiger partial charge < -0.3 is 25.0 Å². The van der Waals surface area contributed by atoms with Gasteiger partial charge in [0.15, 0.2) is 5.96 Å². The number of ether oxygens (including phenoxy) is 2. The molecule has 1 aliphatic heterocycles. The highest BCUT2D eigenvalue weighted by Crippen LogP contribution is 2.30. The number of nitrogens with zero attached hydrogens (tertiary/aromatic N) is 4. The smallest absolute Gasteiger partial charge is 0.191 e. The molecule has 33 heavy (non-hydrogen) atoms. The predicted molar refractivity (Wildman–Crippen MR) is 132 cm³/mol. The largest absolute Gasteiger partial charge is 0.497 e. The van der Waals surface area contributed by atoms with Gasteiger partial charge in [-0.2, -0.15) is 5.10 Å². The van der Waals surface area contributed by atoms with Gasteiger partial charge in [-0.25, -0.2) is 4.68 Å². The van der Waals surface area contributed by atoms with Crippen LogP contribution in [0.3, 0.4) is 0 Å². The number of aromatic nitrogens is 2. The molecule has 0 aliphatic carbocycles. The van der Waals surface area contributed by atoms with Crippen LogP contribution in [0.15, 0.2) is 65.9 Å². The molecule has 2 aromatic carbocycles. The van der Waals surface area contributed by atoms with Gasteiger partial charge in [-0.3, -0.25) is 4.99 Å². The zero-order valence-corrected chi connectivity index (χ0v) is 19.5. The Balaban J connectivity index is 1.27. The molecule has 0 saturated carbocycles. The van der Waals surface area contributed by atoms with E-state index in [0.717, 1.165) is 61.3 Å². The molecular formula is C25H32N6O2. The summed E-state index contributed by atoms with van der Waals surface area (Å²) in [5.41, 5.74) is 3.35. The first-order valence-electron chi connectivity index (χ1n) is 11.2. The van der Waals surface area contributed by atoms with Crippen LogP contribution in [-0.4, -0.2) is 62.7 Å². The topological polar surface area (TPSA) is 75.9 Å². The maximum Gasteiger partial charge on any atom is 0.191 e. The molecule has 1 atom stereocenters. The fourth-order valence-electron chi connectivity index (χ4n) is 4.01. The molecule has 1 aliphatic rings. The van der Waals surface area contributed by atoms with Gasteiger partial charge in [0.05, 0.1) is 26.1 Å². The summed E-state index contributed by atoms with van der Waals surface area (Å²) in [6.45, 7) is 2.63. The molecular weight excluding hydrogens is 416 g/mol. The Morgan fingerprint density at radius 1 is 1.09 bits per heavy atom. The number of aliphatic imine (C=N–C) groups is 1. The lowest BCUT2D eigenvalue weighted by Gasteiger charge is -2.21. The first-order valence-corrected chi connectivity index (χ1v) is 11.2. The van der Waals surface area contributed by atoms with Crippen LogP contribution in [0.4, 0.5) is 5.69 Å². The van der Waals surface area contributed by atoms with Crippen LogP contribution in [0.5, 0.6) is 11.5 Å². The summed E-state index contributed by atoms with van der Waals surface area (Å²) >= 11 is 0. The Bertz CT molecular complexity index is 1040. The van der Waals surface area contributed by atoms with E-state index >= 15 is 0 Å². The Labute approximate surface area is 195 Å². The fraction of sp³-hybridized carbons (Fsp3) is 0.360. The molecule has 2 heterocycles. The Kier molecular flexibility index (Phi) is 7.34. The monoisotopic (exact) mass is 448 g/mol. The molecule has 4 rings (SSSR count). The van der Waals surface area contributed by atoms with Crippen molar-refractivity contribution in [2.75, 3.05) is 45.8 Å². The first kappa shape index (κ1) is 22.5. The lowest BCUT2D eigenvalue weighted by atomic mass is 10.2. The highest BCUT2D eigenvalue weighted by molar-refractivity contribution is 5.80. The number of rotatable bonds is 8. The zero-order chi connectivity index (χ0) is 23.0. The average Bonchev–Trinajstić information content (AvgIpc) is 3.53. The molecule has 3 aromatic rings. The molecule has 0 radical (unpaired) electrons. The minimum absolute atomic E-state index is 0.314. The van der Waals surface area contributed by atoms with Crippen molar-refractivity contribution in [3.05, 3.63) is 66.5 Å². The van der Waals surface area contributed by atoms with Crippen molar-refractivity contribution in [2.45, 2.75) is 18.9 Å². The lowest BCUT2D eigenvalue weighted by Crippen LogP contribution is -2.45. The van der Waals surface area contributed by atoms with Crippen LogP contribution in [0.1, 0.15) is 12.0 Å². The van der Waals surface area contributed by atoms with Crippen molar-refractivity contribution in [3.8, 4) is 17.2 Å². The summed E-state index contributed by atoms with van der Waals surface area (Å²) in [5.74, 6) is 2.42. The number of para-hydroxylation sites is 1. The van der Waals surface area contributed by atoms with Crippen molar-refractivity contribution >= 4 is 11.6 Å². The van der Waals surface area contributed by atoms with E-state index in [0.29, 0.717) is 6.04 Å². The Morgan fingerprint density at radius 2 is 1.85 bits per heavy atom. The zero-order valence-electron chi connectivity index (χ0n) is 19.5. The average molecular weight is 449 g/mol. The summed E-state index contributed by atoms with van der Waals surface area (Å²) in [6.07, 6.45) is 5.89. The minimum atomic E-state index is 0.314. The number of guanidine groups is 1. The number of hydrogen-bond acceptors (Lipinski definition) is 5. The van der Waals surface area contributed by atoms with Crippen molar-refractivity contribution in [1.29, 1.82) is 0 Å². The Morgan fingerprint density at radius 3 is 2.55 bits per heavy atom. The van der Waals surface area contributed by atoms with Crippen molar-refractivity contribution in [1.82, 2.24) is 20.4 Å². The van der Waals surface area contributed by atoms with E-state index in [1.165, 1.54) is 5.56 Å². The quantitative estimate of drug-likeness (QED) is 0.408. The summed E-state index contributed by atoms with van der Waals surface area (Å²) < 4.78 is 12.7. The number of methoxy groups -OCH3 is 2. The fourth-order valence-corrected chi connectivity index (χ4v) is 4.01. The summed E-state index contributed by atoms with van der Waals surface area (Å²) in [5, 5.41) is 11.5. The van der Waals surface area contributed by atoms with Gasteiger partial charge in [0.2, 0.25) is 0 Å². The maximum atomic E-state index is 5.42. The molecule has 8 heteroatoms. The van der Waals surface area contributed by atoms with E-state index in [2.05, 4.69) is 31.8 Å². The van der Waals surface area contributed by atoms with Gasteiger partial charge in [-0.05, 0) is 30.5 Å². The summed E-state index contributed by atoms with van der Waals surface area (Å²) in [7, 11) is 5.16. The number of hydrogen-bond donors (Lipinski definition) is 2. The molecule has 0 spiro atoms. The second-order valence-corrected chi connectivity index (χ2v) is 8.02. The van der Waals surface area contributed by atoms with Gasteiger partial charge in [0, 0.05) is 62.8 Å². The van der Waals surface area contributed by atoms with Crippen LogP contribution in [0.2, 0.25) is 0 Å².